The highest BCUT2D eigenvalue weighted by Crippen LogP contribution is 2.42. The van der Waals surface area contributed by atoms with E-state index in [9.17, 15) is 0 Å². The van der Waals surface area contributed by atoms with Gasteiger partial charge >= 0.3 is 0 Å². The van der Waals surface area contributed by atoms with E-state index in [-0.39, 0.29) is 6.17 Å². The van der Waals surface area contributed by atoms with Gasteiger partial charge in [0.15, 0.2) is 6.17 Å². The van der Waals surface area contributed by atoms with E-state index >= 15 is 0 Å². The van der Waals surface area contributed by atoms with Crippen LogP contribution in [0.15, 0.2) is 71.2 Å². The molecule has 4 aromatic rings. The third-order valence-electron chi connectivity index (χ3n) is 5.66. The molecule has 0 radical (unpaired) electrons. The second-order valence-electron chi connectivity index (χ2n) is 8.12. The number of nitrogens with zero attached hydrogens (tertiary/aromatic N) is 2. The molecule has 2 heterocycles. The van der Waals surface area contributed by atoms with Crippen LogP contribution in [0.3, 0.4) is 0 Å². The summed E-state index contributed by atoms with van der Waals surface area (Å²) in [6.07, 6.45) is -0.140. The largest absolute Gasteiger partial charge is 0.488 e. The van der Waals surface area contributed by atoms with Crippen LogP contribution in [0.2, 0.25) is 0 Å². The molecule has 0 amide bonds. The molecule has 0 fully saturated rings. The molecular weight excluding hydrogens is 450 g/mol. The zero-order chi connectivity index (χ0) is 21.5. The number of ether oxygens (including phenoxy) is 1. The minimum Gasteiger partial charge on any atom is -0.488 e. The topological polar surface area (TPSA) is 39.1 Å². The van der Waals surface area contributed by atoms with Crippen molar-refractivity contribution in [1.29, 1.82) is 0 Å². The molecule has 31 heavy (non-hydrogen) atoms. The fourth-order valence-electron chi connectivity index (χ4n) is 4.26. The van der Waals surface area contributed by atoms with Crippen LogP contribution >= 0.6 is 15.9 Å². The molecule has 1 N–H and O–H groups in total. The van der Waals surface area contributed by atoms with Crippen LogP contribution in [0.25, 0.3) is 11.3 Å². The van der Waals surface area contributed by atoms with E-state index in [1.807, 2.05) is 31.2 Å². The second kappa shape index (κ2) is 7.89. The summed E-state index contributed by atoms with van der Waals surface area (Å²) in [6, 6.07) is 23.0. The van der Waals surface area contributed by atoms with Gasteiger partial charge < -0.3 is 10.1 Å². The van der Waals surface area contributed by atoms with Crippen molar-refractivity contribution in [3.05, 3.63) is 99.2 Å². The van der Waals surface area contributed by atoms with Gasteiger partial charge in [-0.05, 0) is 62.2 Å². The van der Waals surface area contributed by atoms with Crippen molar-refractivity contribution in [2.75, 3.05) is 5.32 Å². The molecular formula is C26H24BrN3O. The van der Waals surface area contributed by atoms with E-state index < -0.39 is 0 Å². The Labute approximate surface area is 191 Å². The molecule has 5 heteroatoms. The SMILES string of the molecule is Cc1cc(C)c2c(c1)-c1cc(C)nn1C(c1ccccc1OCc1ccc(Br)cc1)N2. The number of rotatable bonds is 4. The van der Waals surface area contributed by atoms with Crippen LogP contribution in [0.1, 0.15) is 34.1 Å². The van der Waals surface area contributed by atoms with E-state index in [1.165, 1.54) is 16.7 Å². The van der Waals surface area contributed by atoms with Gasteiger partial charge in [0.1, 0.15) is 12.4 Å². The molecule has 3 aromatic carbocycles. The molecule has 156 valence electrons. The number of halogens is 1. The second-order valence-corrected chi connectivity index (χ2v) is 9.04. The van der Waals surface area contributed by atoms with Crippen molar-refractivity contribution in [2.45, 2.75) is 33.5 Å². The van der Waals surface area contributed by atoms with Gasteiger partial charge in [-0.1, -0.05) is 57.9 Å². The van der Waals surface area contributed by atoms with Gasteiger partial charge in [-0.25, -0.2) is 4.68 Å². The lowest BCUT2D eigenvalue weighted by molar-refractivity contribution is 0.299. The van der Waals surface area contributed by atoms with E-state index in [2.05, 4.69) is 82.2 Å². The Morgan fingerprint density at radius 3 is 2.58 bits per heavy atom. The van der Waals surface area contributed by atoms with Crippen LogP contribution < -0.4 is 10.1 Å². The summed E-state index contributed by atoms with van der Waals surface area (Å²) in [5.41, 5.74) is 9.16. The number of anilines is 1. The Kier molecular flexibility index (Phi) is 5.06. The average molecular weight is 474 g/mol. The maximum Gasteiger partial charge on any atom is 0.150 e. The number of aromatic nitrogens is 2. The maximum atomic E-state index is 6.28. The number of nitrogens with one attached hydrogen (secondary N) is 1. The van der Waals surface area contributed by atoms with E-state index in [0.29, 0.717) is 6.61 Å². The van der Waals surface area contributed by atoms with Gasteiger partial charge in [0.2, 0.25) is 0 Å². The smallest absolute Gasteiger partial charge is 0.150 e. The van der Waals surface area contributed by atoms with Crippen LogP contribution in [-0.4, -0.2) is 9.78 Å². The monoisotopic (exact) mass is 473 g/mol. The van der Waals surface area contributed by atoms with Gasteiger partial charge in [-0.2, -0.15) is 5.10 Å². The van der Waals surface area contributed by atoms with E-state index in [4.69, 9.17) is 9.84 Å². The Bertz CT molecular complexity index is 1260. The van der Waals surface area contributed by atoms with Gasteiger partial charge in [0.05, 0.1) is 11.4 Å². The van der Waals surface area contributed by atoms with Gasteiger partial charge in [-0.3, -0.25) is 0 Å². The molecule has 0 spiro atoms. The molecule has 0 aliphatic carbocycles. The van der Waals surface area contributed by atoms with E-state index in [1.54, 1.807) is 0 Å². The lowest BCUT2D eigenvalue weighted by Crippen LogP contribution is -2.26. The zero-order valence-electron chi connectivity index (χ0n) is 17.8. The first kappa shape index (κ1) is 19.9. The van der Waals surface area contributed by atoms with Crippen molar-refractivity contribution in [3.63, 3.8) is 0 Å². The van der Waals surface area contributed by atoms with Crippen LogP contribution in [0.4, 0.5) is 5.69 Å². The van der Waals surface area contributed by atoms with Gasteiger partial charge in [-0.15, -0.1) is 0 Å². The fraction of sp³-hybridized carbons (Fsp3) is 0.192. The number of hydrogen-bond acceptors (Lipinski definition) is 3. The summed E-state index contributed by atoms with van der Waals surface area (Å²) in [7, 11) is 0. The molecule has 0 saturated heterocycles. The summed E-state index contributed by atoms with van der Waals surface area (Å²) in [5, 5.41) is 8.57. The van der Waals surface area contributed by atoms with Crippen molar-refractivity contribution in [2.24, 2.45) is 0 Å². The van der Waals surface area contributed by atoms with Crippen molar-refractivity contribution in [1.82, 2.24) is 9.78 Å². The Morgan fingerprint density at radius 2 is 1.77 bits per heavy atom. The molecule has 1 aromatic heterocycles. The minimum atomic E-state index is -0.140. The number of aryl methyl sites for hydroxylation is 3. The normalized spacial score (nSPS) is 14.5. The summed E-state index contributed by atoms with van der Waals surface area (Å²) >= 11 is 3.49. The number of benzene rings is 3. The van der Waals surface area contributed by atoms with Crippen molar-refractivity contribution < 1.29 is 4.74 Å². The van der Waals surface area contributed by atoms with Crippen LogP contribution in [0.5, 0.6) is 5.75 Å². The Hall–Kier alpha value is -3.05. The molecule has 1 atom stereocenters. The van der Waals surface area contributed by atoms with Gasteiger partial charge in [0.25, 0.3) is 0 Å². The van der Waals surface area contributed by atoms with Crippen molar-refractivity contribution >= 4 is 21.6 Å². The number of para-hydroxylation sites is 1. The first-order valence-corrected chi connectivity index (χ1v) is 11.2. The Balaban J connectivity index is 1.54. The highest BCUT2D eigenvalue weighted by Gasteiger charge is 2.29. The van der Waals surface area contributed by atoms with Gasteiger partial charge in [0, 0.05) is 21.3 Å². The highest BCUT2D eigenvalue weighted by atomic mass is 79.9. The summed E-state index contributed by atoms with van der Waals surface area (Å²) in [5.74, 6) is 0.857. The standard InChI is InChI=1S/C26H24BrN3O/c1-16-12-17(2)25-22(13-16)23-14-18(3)29-30(23)26(28-25)21-6-4-5-7-24(21)31-15-19-8-10-20(27)11-9-19/h4-14,26,28H,15H2,1-3H3. The summed E-state index contributed by atoms with van der Waals surface area (Å²) in [4.78, 5) is 0. The first-order chi connectivity index (χ1) is 15.0. The fourth-order valence-corrected chi connectivity index (χ4v) is 4.53. The lowest BCUT2D eigenvalue weighted by Gasteiger charge is -2.31. The summed E-state index contributed by atoms with van der Waals surface area (Å²) in [6.45, 7) is 6.85. The molecule has 1 unspecified atom stereocenters. The molecule has 1 aliphatic heterocycles. The molecule has 0 saturated carbocycles. The first-order valence-electron chi connectivity index (χ1n) is 10.4. The minimum absolute atomic E-state index is 0.140. The predicted molar refractivity (Wildman–Crippen MR) is 129 cm³/mol. The van der Waals surface area contributed by atoms with Crippen LogP contribution in [0, 0.1) is 20.8 Å². The lowest BCUT2D eigenvalue weighted by atomic mass is 9.98. The molecule has 0 bridgehead atoms. The maximum absolute atomic E-state index is 6.28. The third-order valence-corrected chi connectivity index (χ3v) is 6.19. The van der Waals surface area contributed by atoms with E-state index in [0.717, 1.165) is 38.4 Å². The molecule has 4 nitrogen and oxygen atoms in total. The Morgan fingerprint density at radius 1 is 1.00 bits per heavy atom. The highest BCUT2D eigenvalue weighted by molar-refractivity contribution is 9.10. The van der Waals surface area contributed by atoms with Crippen molar-refractivity contribution in [3.8, 4) is 17.0 Å². The molecule has 5 rings (SSSR count). The van der Waals surface area contributed by atoms with Crippen LogP contribution in [-0.2, 0) is 6.61 Å². The predicted octanol–water partition coefficient (Wildman–Crippen LogP) is 6.79. The average Bonchev–Trinajstić information content (AvgIpc) is 3.15. The quantitative estimate of drug-likeness (QED) is 0.354. The zero-order valence-corrected chi connectivity index (χ0v) is 19.4. The third kappa shape index (κ3) is 3.74. The number of hydrogen-bond donors (Lipinski definition) is 1. The summed E-state index contributed by atoms with van der Waals surface area (Å²) < 4.78 is 9.42. The number of fused-ring (bicyclic) bond motifs is 3. The molecule has 1 aliphatic rings.